The number of benzene rings is 3. The largest absolute Gasteiger partial charge is 0.507 e. The van der Waals surface area contributed by atoms with Gasteiger partial charge in [0.15, 0.2) is 11.6 Å². The van der Waals surface area contributed by atoms with Crippen molar-refractivity contribution < 1.29 is 28.2 Å². The van der Waals surface area contributed by atoms with Crippen LogP contribution in [0, 0.1) is 11.6 Å². The number of aromatic hydroxyl groups is 1. The Bertz CT molecular complexity index is 1180. The number of halogens is 2. The molecular formula is C24H22F2N2O4. The molecule has 3 aromatic carbocycles. The molecule has 8 heteroatoms. The van der Waals surface area contributed by atoms with Crippen LogP contribution in [0.4, 0.5) is 8.78 Å². The van der Waals surface area contributed by atoms with Gasteiger partial charge in [-0.25, -0.2) is 8.78 Å². The lowest BCUT2D eigenvalue weighted by atomic mass is 10.0. The number of fused-ring (bicyclic) bond motifs is 1. The van der Waals surface area contributed by atoms with Gasteiger partial charge in [0.25, 0.3) is 5.91 Å². The van der Waals surface area contributed by atoms with E-state index in [9.17, 15) is 23.5 Å². The Balaban J connectivity index is 1.51. The fourth-order valence-corrected chi connectivity index (χ4v) is 4.11. The number of amides is 1. The number of methoxy groups -OCH3 is 1. The van der Waals surface area contributed by atoms with E-state index in [4.69, 9.17) is 4.74 Å². The Kier molecular flexibility index (Phi) is 6.05. The first kappa shape index (κ1) is 21.7. The summed E-state index contributed by atoms with van der Waals surface area (Å²) in [6.45, 7) is 0.489. The molecule has 0 radical (unpaired) electrons. The molecule has 4 rings (SSSR count). The van der Waals surface area contributed by atoms with Gasteiger partial charge in [-0.15, -0.1) is 0 Å². The molecule has 2 N–H and O–H groups in total. The van der Waals surface area contributed by atoms with Crippen molar-refractivity contribution in [2.45, 2.75) is 25.0 Å². The number of carbonyl (C=O) groups is 2. The maximum Gasteiger partial charge on any atom is 0.323 e. The molecule has 0 aromatic heterocycles. The number of hydrogen-bond acceptors (Lipinski definition) is 5. The van der Waals surface area contributed by atoms with Crippen molar-refractivity contribution in [2.24, 2.45) is 0 Å². The van der Waals surface area contributed by atoms with E-state index in [0.29, 0.717) is 12.1 Å². The van der Waals surface area contributed by atoms with E-state index in [0.717, 1.165) is 22.9 Å². The van der Waals surface area contributed by atoms with Gasteiger partial charge in [-0.2, -0.15) is 0 Å². The second-order valence-electron chi connectivity index (χ2n) is 7.84. The van der Waals surface area contributed by atoms with Crippen molar-refractivity contribution in [2.75, 3.05) is 13.7 Å². The summed E-state index contributed by atoms with van der Waals surface area (Å²) in [6, 6.07) is 13.0. The number of likely N-dealkylation sites (tertiary alicyclic amines) is 1. The second-order valence-corrected chi connectivity index (χ2v) is 7.84. The number of rotatable bonds is 5. The van der Waals surface area contributed by atoms with Gasteiger partial charge in [0.05, 0.1) is 12.7 Å². The highest BCUT2D eigenvalue weighted by Gasteiger charge is 2.38. The molecule has 1 fully saturated rings. The Morgan fingerprint density at radius 2 is 1.81 bits per heavy atom. The van der Waals surface area contributed by atoms with Gasteiger partial charge >= 0.3 is 5.97 Å². The van der Waals surface area contributed by atoms with Crippen LogP contribution in [0.15, 0.2) is 54.6 Å². The van der Waals surface area contributed by atoms with Crippen LogP contribution in [0.1, 0.15) is 22.3 Å². The minimum atomic E-state index is -0.965. The molecule has 1 aliphatic rings. The summed E-state index contributed by atoms with van der Waals surface area (Å²) in [5, 5.41) is 14.8. The van der Waals surface area contributed by atoms with Gasteiger partial charge in [0, 0.05) is 19.1 Å². The van der Waals surface area contributed by atoms with Gasteiger partial charge < -0.3 is 15.2 Å². The first-order chi connectivity index (χ1) is 15.4. The molecule has 0 aliphatic carbocycles. The second kappa shape index (κ2) is 8.92. The number of nitrogens with one attached hydrogen (secondary N) is 1. The first-order valence-corrected chi connectivity index (χ1v) is 10.1. The zero-order chi connectivity index (χ0) is 22.8. The van der Waals surface area contributed by atoms with Crippen LogP contribution in [0.25, 0.3) is 10.8 Å². The molecule has 1 amide bonds. The van der Waals surface area contributed by atoms with E-state index < -0.39 is 35.6 Å². The lowest BCUT2D eigenvalue weighted by molar-refractivity contribution is -0.146. The average Bonchev–Trinajstić information content (AvgIpc) is 3.17. The van der Waals surface area contributed by atoms with Crippen LogP contribution in [0.3, 0.4) is 0 Å². The smallest absolute Gasteiger partial charge is 0.323 e. The van der Waals surface area contributed by atoms with Crippen molar-refractivity contribution in [3.05, 3.63) is 77.4 Å². The highest BCUT2D eigenvalue weighted by molar-refractivity contribution is 6.01. The molecule has 0 unspecified atom stereocenters. The van der Waals surface area contributed by atoms with E-state index in [1.807, 2.05) is 24.3 Å². The lowest BCUT2D eigenvalue weighted by Crippen LogP contribution is -2.37. The third-order valence-electron chi connectivity index (χ3n) is 5.69. The minimum absolute atomic E-state index is 0.136. The van der Waals surface area contributed by atoms with Crippen LogP contribution in [-0.4, -0.2) is 47.6 Å². The summed E-state index contributed by atoms with van der Waals surface area (Å²) in [6.07, 6.45) is 0.288. The normalized spacial score (nSPS) is 18.6. The van der Waals surface area contributed by atoms with Crippen LogP contribution in [0.2, 0.25) is 0 Å². The number of nitrogens with zero attached hydrogens (tertiary/aromatic N) is 1. The van der Waals surface area contributed by atoms with E-state index in [-0.39, 0.29) is 24.3 Å². The summed E-state index contributed by atoms with van der Waals surface area (Å²) < 4.78 is 31.7. The maximum absolute atomic E-state index is 13.6. The zero-order valence-corrected chi connectivity index (χ0v) is 17.3. The molecule has 0 bridgehead atoms. The van der Waals surface area contributed by atoms with E-state index >= 15 is 0 Å². The predicted octanol–water partition coefficient (Wildman–Crippen LogP) is 3.37. The van der Waals surface area contributed by atoms with E-state index in [1.165, 1.54) is 19.2 Å². The molecule has 0 spiro atoms. The standard InChI is InChI=1S/C24H22F2N2O4/c1-32-24(31)21-11-17(13-28(21)12-14-6-7-19(25)20(26)8-14)27-23(30)18-9-15-4-2-3-5-16(15)10-22(18)29/h2-10,17,21,29H,11-13H2,1H3,(H,27,30)/t17-,21-/m0/s1. The highest BCUT2D eigenvalue weighted by Crippen LogP contribution is 2.27. The van der Waals surface area contributed by atoms with Crippen molar-refractivity contribution in [3.8, 4) is 5.75 Å². The van der Waals surface area contributed by atoms with E-state index in [1.54, 1.807) is 11.0 Å². The summed E-state index contributed by atoms with van der Waals surface area (Å²) in [5.74, 6) is -2.98. The number of esters is 1. The summed E-state index contributed by atoms with van der Waals surface area (Å²) in [5.41, 5.74) is 0.634. The van der Waals surface area contributed by atoms with Gasteiger partial charge in [0.1, 0.15) is 11.8 Å². The molecule has 1 aliphatic heterocycles. The molecule has 166 valence electrons. The quantitative estimate of drug-likeness (QED) is 0.595. The topological polar surface area (TPSA) is 78.9 Å². The molecule has 6 nitrogen and oxygen atoms in total. The fraction of sp³-hybridized carbons (Fsp3) is 0.250. The number of carbonyl (C=O) groups excluding carboxylic acids is 2. The van der Waals surface area contributed by atoms with Crippen molar-refractivity contribution in [1.29, 1.82) is 0 Å². The number of phenols is 1. The van der Waals surface area contributed by atoms with Crippen molar-refractivity contribution >= 4 is 22.6 Å². The zero-order valence-electron chi connectivity index (χ0n) is 17.3. The molecule has 1 saturated heterocycles. The molecule has 0 saturated carbocycles. The third kappa shape index (κ3) is 4.40. The number of hydrogen-bond donors (Lipinski definition) is 2. The predicted molar refractivity (Wildman–Crippen MR) is 114 cm³/mol. The summed E-state index contributed by atoms with van der Waals surface area (Å²) in [7, 11) is 1.27. The van der Waals surface area contributed by atoms with Gasteiger partial charge in [-0.3, -0.25) is 14.5 Å². The van der Waals surface area contributed by atoms with Crippen molar-refractivity contribution in [3.63, 3.8) is 0 Å². The molecule has 32 heavy (non-hydrogen) atoms. The van der Waals surface area contributed by atoms with Gasteiger partial charge in [-0.05, 0) is 47.0 Å². The Labute approximate surface area is 183 Å². The van der Waals surface area contributed by atoms with Crippen LogP contribution in [-0.2, 0) is 16.1 Å². The highest BCUT2D eigenvalue weighted by atomic mass is 19.2. The molecule has 2 atom stereocenters. The van der Waals surface area contributed by atoms with Crippen LogP contribution >= 0.6 is 0 Å². The SMILES string of the molecule is COC(=O)[C@@H]1C[C@H](NC(=O)c2cc3ccccc3cc2O)CN1Cc1ccc(F)c(F)c1. The molecular weight excluding hydrogens is 418 g/mol. The molecule has 1 heterocycles. The monoisotopic (exact) mass is 440 g/mol. The number of phenolic OH excluding ortho intramolecular Hbond substituents is 1. The third-order valence-corrected chi connectivity index (χ3v) is 5.69. The Hall–Kier alpha value is -3.52. The molecule has 3 aromatic rings. The van der Waals surface area contributed by atoms with Gasteiger partial charge in [0.2, 0.25) is 0 Å². The van der Waals surface area contributed by atoms with Crippen LogP contribution < -0.4 is 5.32 Å². The average molecular weight is 440 g/mol. The fourth-order valence-electron chi connectivity index (χ4n) is 4.11. The Morgan fingerprint density at radius 1 is 1.09 bits per heavy atom. The number of ether oxygens (including phenoxy) is 1. The minimum Gasteiger partial charge on any atom is -0.507 e. The first-order valence-electron chi connectivity index (χ1n) is 10.1. The van der Waals surface area contributed by atoms with Crippen molar-refractivity contribution in [1.82, 2.24) is 10.2 Å². The Morgan fingerprint density at radius 3 is 2.50 bits per heavy atom. The van der Waals surface area contributed by atoms with Gasteiger partial charge in [-0.1, -0.05) is 30.3 Å². The maximum atomic E-state index is 13.6. The summed E-state index contributed by atoms with van der Waals surface area (Å²) >= 11 is 0. The van der Waals surface area contributed by atoms with Crippen LogP contribution in [0.5, 0.6) is 5.75 Å². The van der Waals surface area contributed by atoms with E-state index in [2.05, 4.69) is 5.32 Å². The summed E-state index contributed by atoms with van der Waals surface area (Å²) in [4.78, 5) is 26.9. The lowest BCUT2D eigenvalue weighted by Gasteiger charge is -2.22.